The molecule has 21 heavy (non-hydrogen) atoms. The van der Waals surface area contributed by atoms with Crippen LogP contribution in [0.4, 0.5) is 5.69 Å². The summed E-state index contributed by atoms with van der Waals surface area (Å²) in [5.74, 6) is 0.647. The molecule has 0 bridgehead atoms. The Labute approximate surface area is 133 Å². The van der Waals surface area contributed by atoms with Crippen LogP contribution < -0.4 is 5.73 Å². The average molecular weight is 350 g/mol. The number of carbonyl (C=O) groups is 1. The Morgan fingerprint density at radius 3 is 3.00 bits per heavy atom. The number of hydrogen-bond acceptors (Lipinski definition) is 6. The number of nitrogens with two attached hydrogens (primary N) is 1. The van der Waals surface area contributed by atoms with E-state index in [0.717, 1.165) is 0 Å². The summed E-state index contributed by atoms with van der Waals surface area (Å²) < 4.78 is 24.4. The molecule has 1 atom stereocenters. The fourth-order valence-electron chi connectivity index (χ4n) is 2.08. The molecule has 1 aliphatic rings. The monoisotopic (exact) mass is 349 g/mol. The topological polar surface area (TPSA) is 93.4 Å². The molecule has 1 saturated heterocycles. The van der Waals surface area contributed by atoms with Gasteiger partial charge >= 0.3 is 0 Å². The maximum absolute atomic E-state index is 12.6. The van der Waals surface area contributed by atoms with Gasteiger partial charge in [-0.15, -0.1) is 0 Å². The van der Waals surface area contributed by atoms with E-state index in [1.807, 2.05) is 0 Å². The second-order valence-corrected chi connectivity index (χ2v) is 8.56. The zero-order valence-electron chi connectivity index (χ0n) is 11.5. The number of carbonyl (C=O) groups excluding carboxylic acids is 1. The number of aromatic nitrogens is 1. The number of halogens is 1. The van der Waals surface area contributed by atoms with E-state index in [1.165, 1.54) is 28.9 Å². The molecular weight excluding hydrogens is 334 g/mol. The molecule has 0 saturated carbocycles. The third-order valence-electron chi connectivity index (χ3n) is 3.29. The van der Waals surface area contributed by atoms with Crippen molar-refractivity contribution >= 4 is 44.8 Å². The Bertz CT molecular complexity index is 651. The van der Waals surface area contributed by atoms with Crippen LogP contribution in [0.25, 0.3) is 0 Å². The van der Waals surface area contributed by atoms with Crippen molar-refractivity contribution in [3.8, 4) is 0 Å². The predicted molar refractivity (Wildman–Crippen MR) is 85.3 cm³/mol. The number of nitrogens with zero attached hydrogens (tertiary/aromatic N) is 2. The number of anilines is 1. The Hall–Kier alpha value is -0.990. The number of hydrogen-bond donors (Lipinski definition) is 1. The maximum atomic E-state index is 12.6. The van der Waals surface area contributed by atoms with Crippen LogP contribution in [0.2, 0.25) is 5.15 Å². The first kappa shape index (κ1) is 16.4. The first-order chi connectivity index (χ1) is 9.86. The number of rotatable bonds is 3. The normalized spacial score (nSPS) is 19.5. The van der Waals surface area contributed by atoms with Gasteiger partial charge in [-0.3, -0.25) is 4.79 Å². The van der Waals surface area contributed by atoms with Gasteiger partial charge in [-0.05, 0) is 6.07 Å². The van der Waals surface area contributed by atoms with Crippen LogP contribution >= 0.6 is 23.4 Å². The summed E-state index contributed by atoms with van der Waals surface area (Å²) in [6.07, 6.45) is 1.30. The first-order valence-corrected chi connectivity index (χ1v) is 9.63. The predicted octanol–water partition coefficient (Wildman–Crippen LogP) is 1.27. The summed E-state index contributed by atoms with van der Waals surface area (Å²) in [5, 5.41) is -0.672. The first-order valence-electron chi connectivity index (χ1n) is 6.38. The van der Waals surface area contributed by atoms with E-state index in [4.69, 9.17) is 17.3 Å². The van der Waals surface area contributed by atoms with E-state index < -0.39 is 21.1 Å². The highest BCUT2D eigenvalue weighted by molar-refractivity contribution is 8.01. The molecule has 116 valence electrons. The highest BCUT2D eigenvalue weighted by atomic mass is 35.5. The smallest absolute Gasteiger partial charge is 0.257 e. The van der Waals surface area contributed by atoms with Crippen molar-refractivity contribution in [3.63, 3.8) is 0 Å². The van der Waals surface area contributed by atoms with E-state index in [1.54, 1.807) is 6.92 Å². The number of amides is 1. The average Bonchev–Trinajstić information content (AvgIpc) is 2.49. The van der Waals surface area contributed by atoms with Crippen molar-refractivity contribution in [2.75, 3.05) is 29.5 Å². The SMILES string of the molecule is CCS(=O)(=O)C1CSCCN1C(=O)c1cc(Cl)ncc1N. The number of nitrogen functional groups attached to an aromatic ring is 1. The van der Waals surface area contributed by atoms with Crippen molar-refractivity contribution < 1.29 is 13.2 Å². The van der Waals surface area contributed by atoms with Gasteiger partial charge in [0.15, 0.2) is 9.84 Å². The Morgan fingerprint density at radius 2 is 2.33 bits per heavy atom. The second-order valence-electron chi connectivity index (χ2n) is 4.57. The molecule has 1 amide bonds. The number of pyridine rings is 1. The molecule has 2 rings (SSSR count). The van der Waals surface area contributed by atoms with Crippen LogP contribution in [0.3, 0.4) is 0 Å². The Kier molecular flexibility index (Phi) is 5.00. The van der Waals surface area contributed by atoms with Crippen molar-refractivity contribution in [3.05, 3.63) is 23.0 Å². The molecule has 2 heterocycles. The zero-order chi connectivity index (χ0) is 15.6. The van der Waals surface area contributed by atoms with Gasteiger partial charge in [0, 0.05) is 23.8 Å². The highest BCUT2D eigenvalue weighted by Crippen LogP contribution is 2.25. The molecule has 0 aromatic carbocycles. The lowest BCUT2D eigenvalue weighted by molar-refractivity contribution is 0.0750. The minimum atomic E-state index is -3.35. The molecule has 1 aromatic heterocycles. The zero-order valence-corrected chi connectivity index (χ0v) is 13.8. The molecular formula is C12H16ClN3O3S2. The summed E-state index contributed by atoms with van der Waals surface area (Å²) in [6, 6.07) is 1.37. The molecule has 1 fully saturated rings. The molecule has 1 aliphatic heterocycles. The van der Waals surface area contributed by atoms with Gasteiger partial charge in [-0.1, -0.05) is 18.5 Å². The third kappa shape index (κ3) is 3.44. The van der Waals surface area contributed by atoms with E-state index in [9.17, 15) is 13.2 Å². The fraction of sp³-hybridized carbons (Fsp3) is 0.500. The maximum Gasteiger partial charge on any atom is 0.257 e. The summed E-state index contributed by atoms with van der Waals surface area (Å²) >= 11 is 7.32. The Morgan fingerprint density at radius 1 is 1.62 bits per heavy atom. The molecule has 9 heteroatoms. The molecule has 6 nitrogen and oxygen atoms in total. The van der Waals surface area contributed by atoms with Crippen LogP contribution in [0.1, 0.15) is 17.3 Å². The largest absolute Gasteiger partial charge is 0.397 e. The lowest BCUT2D eigenvalue weighted by Gasteiger charge is -2.34. The van der Waals surface area contributed by atoms with Gasteiger partial charge in [-0.25, -0.2) is 13.4 Å². The summed E-state index contributed by atoms with van der Waals surface area (Å²) in [4.78, 5) is 17.8. The lowest BCUT2D eigenvalue weighted by atomic mass is 10.2. The van der Waals surface area contributed by atoms with Crippen LogP contribution in [0.15, 0.2) is 12.3 Å². The fourth-order valence-corrected chi connectivity index (χ4v) is 5.21. The van der Waals surface area contributed by atoms with E-state index in [0.29, 0.717) is 18.1 Å². The number of sulfone groups is 1. The number of thioether (sulfide) groups is 1. The van der Waals surface area contributed by atoms with Gasteiger partial charge in [0.1, 0.15) is 10.5 Å². The van der Waals surface area contributed by atoms with Crippen molar-refractivity contribution in [2.45, 2.75) is 12.3 Å². The molecule has 0 aliphatic carbocycles. The molecule has 1 aromatic rings. The van der Waals surface area contributed by atoms with Crippen molar-refractivity contribution in [1.82, 2.24) is 9.88 Å². The second kappa shape index (κ2) is 6.41. The van der Waals surface area contributed by atoms with Gasteiger partial charge in [0.25, 0.3) is 5.91 Å². The van der Waals surface area contributed by atoms with Gasteiger partial charge in [0.2, 0.25) is 0 Å². The molecule has 2 N–H and O–H groups in total. The van der Waals surface area contributed by atoms with Crippen LogP contribution in [0, 0.1) is 0 Å². The van der Waals surface area contributed by atoms with E-state index in [2.05, 4.69) is 4.98 Å². The summed E-state index contributed by atoms with van der Waals surface area (Å²) in [5.41, 5.74) is 6.14. The molecule has 0 radical (unpaired) electrons. The Balaban J connectivity index is 2.37. The van der Waals surface area contributed by atoms with Gasteiger partial charge in [-0.2, -0.15) is 11.8 Å². The summed E-state index contributed by atoms with van der Waals surface area (Å²) in [7, 11) is -3.35. The highest BCUT2D eigenvalue weighted by Gasteiger charge is 2.36. The van der Waals surface area contributed by atoms with Crippen LogP contribution in [-0.4, -0.2) is 53.4 Å². The van der Waals surface area contributed by atoms with Crippen molar-refractivity contribution in [2.24, 2.45) is 0 Å². The third-order valence-corrected chi connectivity index (χ3v) is 6.79. The van der Waals surface area contributed by atoms with Crippen molar-refractivity contribution in [1.29, 1.82) is 0 Å². The van der Waals surface area contributed by atoms with E-state index in [-0.39, 0.29) is 22.2 Å². The standard InChI is InChI=1S/C12H16ClN3O3S2/c1-2-21(18,19)11-7-20-4-3-16(11)12(17)8-5-10(13)15-6-9(8)14/h5-6,11H,2-4,7,14H2,1H3. The lowest BCUT2D eigenvalue weighted by Crippen LogP contribution is -2.50. The van der Waals surface area contributed by atoms with Crippen LogP contribution in [-0.2, 0) is 9.84 Å². The van der Waals surface area contributed by atoms with Gasteiger partial charge < -0.3 is 10.6 Å². The molecule has 0 spiro atoms. The summed E-state index contributed by atoms with van der Waals surface area (Å²) in [6.45, 7) is 1.95. The van der Waals surface area contributed by atoms with Gasteiger partial charge in [0.05, 0.1) is 17.4 Å². The molecule has 1 unspecified atom stereocenters. The minimum Gasteiger partial charge on any atom is -0.397 e. The van der Waals surface area contributed by atoms with E-state index >= 15 is 0 Å². The minimum absolute atomic E-state index is 0.00537. The quantitative estimate of drug-likeness (QED) is 0.826. The van der Waals surface area contributed by atoms with Crippen LogP contribution in [0.5, 0.6) is 0 Å².